The first-order valence-electron chi connectivity index (χ1n) is 7.98. The number of anilines is 1. The minimum absolute atomic E-state index is 0.0134. The summed E-state index contributed by atoms with van der Waals surface area (Å²) in [5, 5.41) is 39.7. The van der Waals surface area contributed by atoms with E-state index >= 15 is 0 Å². The van der Waals surface area contributed by atoms with Gasteiger partial charge in [0.15, 0.2) is 5.69 Å². The highest BCUT2D eigenvalue weighted by Crippen LogP contribution is 2.29. The number of phenolic OH excluding ortho intramolecular Hbond substituents is 2. The Morgan fingerprint density at radius 1 is 1.31 bits per heavy atom. The average Bonchev–Trinajstić information content (AvgIpc) is 3.42. The van der Waals surface area contributed by atoms with Crippen LogP contribution in [0.5, 0.6) is 11.5 Å². The molecule has 0 saturated heterocycles. The SMILES string of the molecule is Nc1nonc1-n1nnc(C(=O)N/N=C\c2ccc(O)cc2O)c1-c1cccs1. The average molecular weight is 412 g/mol. The van der Waals surface area contributed by atoms with Gasteiger partial charge >= 0.3 is 0 Å². The number of benzene rings is 1. The molecule has 12 nitrogen and oxygen atoms in total. The number of amides is 1. The number of hydrogen-bond donors (Lipinski definition) is 4. The van der Waals surface area contributed by atoms with E-state index in [0.717, 1.165) is 6.07 Å². The summed E-state index contributed by atoms with van der Waals surface area (Å²) in [5.41, 5.74) is 8.66. The lowest BCUT2D eigenvalue weighted by atomic mass is 10.2. The van der Waals surface area contributed by atoms with Crippen molar-refractivity contribution < 1.29 is 19.6 Å². The zero-order chi connectivity index (χ0) is 20.4. The van der Waals surface area contributed by atoms with Gasteiger partial charge in [0.25, 0.3) is 5.91 Å². The van der Waals surface area contributed by atoms with E-state index in [1.807, 2.05) is 5.38 Å². The molecular formula is C16H12N8O4S. The highest BCUT2D eigenvalue weighted by molar-refractivity contribution is 7.13. The Morgan fingerprint density at radius 2 is 2.17 bits per heavy atom. The maximum atomic E-state index is 12.6. The fourth-order valence-electron chi connectivity index (χ4n) is 2.41. The van der Waals surface area contributed by atoms with Gasteiger partial charge in [0.1, 0.15) is 17.2 Å². The van der Waals surface area contributed by atoms with E-state index in [9.17, 15) is 15.0 Å². The number of nitrogens with zero attached hydrogens (tertiary/aromatic N) is 6. The summed E-state index contributed by atoms with van der Waals surface area (Å²) in [6, 6.07) is 7.54. The smallest absolute Gasteiger partial charge is 0.294 e. The van der Waals surface area contributed by atoms with Crippen LogP contribution in [0, 0.1) is 0 Å². The predicted octanol–water partition coefficient (Wildman–Crippen LogP) is 1.14. The van der Waals surface area contributed by atoms with Gasteiger partial charge in [-0.05, 0) is 33.9 Å². The van der Waals surface area contributed by atoms with Crippen LogP contribution in [0.1, 0.15) is 16.1 Å². The minimum Gasteiger partial charge on any atom is -0.508 e. The maximum Gasteiger partial charge on any atom is 0.294 e. The van der Waals surface area contributed by atoms with E-state index in [-0.39, 0.29) is 28.8 Å². The normalized spacial score (nSPS) is 11.2. The van der Waals surface area contributed by atoms with Gasteiger partial charge in [0.05, 0.1) is 11.1 Å². The Bertz CT molecular complexity index is 1200. The van der Waals surface area contributed by atoms with Gasteiger partial charge < -0.3 is 15.9 Å². The molecule has 29 heavy (non-hydrogen) atoms. The lowest BCUT2D eigenvalue weighted by molar-refractivity contribution is 0.0950. The van der Waals surface area contributed by atoms with Crippen molar-refractivity contribution in [3.05, 3.63) is 47.0 Å². The van der Waals surface area contributed by atoms with Crippen LogP contribution in [0.4, 0.5) is 5.82 Å². The van der Waals surface area contributed by atoms with E-state index < -0.39 is 5.91 Å². The first-order valence-corrected chi connectivity index (χ1v) is 8.86. The third-order valence-electron chi connectivity index (χ3n) is 3.72. The molecule has 0 bridgehead atoms. The topological polar surface area (TPSA) is 178 Å². The molecule has 3 heterocycles. The van der Waals surface area contributed by atoms with Gasteiger partial charge in [-0.1, -0.05) is 11.3 Å². The Kier molecular flexibility index (Phi) is 4.62. The number of phenols is 2. The summed E-state index contributed by atoms with van der Waals surface area (Å²) in [6.07, 6.45) is 1.22. The van der Waals surface area contributed by atoms with Crippen LogP contribution >= 0.6 is 11.3 Å². The minimum atomic E-state index is -0.649. The van der Waals surface area contributed by atoms with Crippen LogP contribution in [-0.4, -0.2) is 47.6 Å². The number of nitrogens with one attached hydrogen (secondary N) is 1. The number of carbonyl (C=O) groups is 1. The van der Waals surface area contributed by atoms with Crippen LogP contribution in [0.3, 0.4) is 0 Å². The van der Waals surface area contributed by atoms with Crippen molar-refractivity contribution in [3.63, 3.8) is 0 Å². The van der Waals surface area contributed by atoms with E-state index in [1.165, 1.54) is 34.4 Å². The number of rotatable bonds is 5. The number of hydrogen-bond acceptors (Lipinski definition) is 11. The summed E-state index contributed by atoms with van der Waals surface area (Å²) in [6.45, 7) is 0. The fraction of sp³-hybridized carbons (Fsp3) is 0. The molecule has 0 aliphatic carbocycles. The molecule has 1 amide bonds. The van der Waals surface area contributed by atoms with E-state index in [1.54, 1.807) is 12.1 Å². The van der Waals surface area contributed by atoms with Gasteiger partial charge in [-0.15, -0.1) is 16.4 Å². The largest absolute Gasteiger partial charge is 0.508 e. The van der Waals surface area contributed by atoms with Crippen molar-refractivity contribution in [2.24, 2.45) is 5.10 Å². The molecule has 0 unspecified atom stereocenters. The molecule has 0 fully saturated rings. The summed E-state index contributed by atoms with van der Waals surface area (Å²) in [7, 11) is 0. The Morgan fingerprint density at radius 3 is 2.86 bits per heavy atom. The predicted molar refractivity (Wildman–Crippen MR) is 102 cm³/mol. The molecule has 0 saturated carbocycles. The van der Waals surface area contributed by atoms with Crippen molar-refractivity contribution in [2.45, 2.75) is 0 Å². The molecule has 5 N–H and O–H groups in total. The number of nitrogens with two attached hydrogens (primary N) is 1. The first kappa shape index (κ1) is 18.1. The number of carbonyl (C=O) groups excluding carboxylic acids is 1. The van der Waals surface area contributed by atoms with Crippen molar-refractivity contribution in [1.82, 2.24) is 30.7 Å². The summed E-state index contributed by atoms with van der Waals surface area (Å²) >= 11 is 1.36. The van der Waals surface area contributed by atoms with Gasteiger partial charge in [0, 0.05) is 11.6 Å². The standard InChI is InChI=1S/C16H12N8O4S/c17-14-15(22-28-21-14)24-13(11-2-1-5-29-11)12(19-23-24)16(27)20-18-7-8-3-4-9(25)6-10(8)26/h1-7,25-26H,(H2,17,21)(H,20,27)/b18-7-. The first-order chi connectivity index (χ1) is 14.0. The van der Waals surface area contributed by atoms with E-state index in [0.29, 0.717) is 16.1 Å². The molecule has 0 aliphatic rings. The molecule has 13 heteroatoms. The van der Waals surface area contributed by atoms with Crippen LogP contribution in [0.15, 0.2) is 45.4 Å². The molecule has 4 rings (SSSR count). The van der Waals surface area contributed by atoms with Gasteiger partial charge in [-0.3, -0.25) is 4.79 Å². The Balaban J connectivity index is 1.64. The summed E-state index contributed by atoms with van der Waals surface area (Å²) in [4.78, 5) is 13.3. The van der Waals surface area contributed by atoms with Gasteiger partial charge in [-0.25, -0.2) is 10.1 Å². The molecule has 1 aromatic carbocycles. The zero-order valence-corrected chi connectivity index (χ0v) is 15.2. The third-order valence-corrected chi connectivity index (χ3v) is 4.60. The maximum absolute atomic E-state index is 12.6. The monoisotopic (exact) mass is 412 g/mol. The number of thiophene rings is 1. The van der Waals surface area contributed by atoms with Crippen LogP contribution < -0.4 is 11.2 Å². The molecule has 4 aromatic rings. The van der Waals surface area contributed by atoms with Gasteiger partial charge in [0.2, 0.25) is 11.6 Å². The van der Waals surface area contributed by atoms with E-state index in [4.69, 9.17) is 5.73 Å². The van der Waals surface area contributed by atoms with Crippen LogP contribution in [0.2, 0.25) is 0 Å². The number of aromatic hydroxyl groups is 2. The Labute approximate surface area is 165 Å². The van der Waals surface area contributed by atoms with Crippen LogP contribution in [0.25, 0.3) is 16.4 Å². The van der Waals surface area contributed by atoms with Crippen LogP contribution in [-0.2, 0) is 0 Å². The van der Waals surface area contributed by atoms with Crippen molar-refractivity contribution >= 4 is 29.3 Å². The Hall–Kier alpha value is -4.26. The van der Waals surface area contributed by atoms with Crippen molar-refractivity contribution in [3.8, 4) is 27.9 Å². The highest BCUT2D eigenvalue weighted by Gasteiger charge is 2.25. The van der Waals surface area contributed by atoms with Crippen molar-refractivity contribution in [1.29, 1.82) is 0 Å². The number of nitrogen functional groups attached to an aromatic ring is 1. The van der Waals surface area contributed by atoms with Crippen molar-refractivity contribution in [2.75, 3.05) is 5.73 Å². The highest BCUT2D eigenvalue weighted by atomic mass is 32.1. The van der Waals surface area contributed by atoms with Gasteiger partial charge in [-0.2, -0.15) is 9.78 Å². The number of aromatic nitrogens is 5. The summed E-state index contributed by atoms with van der Waals surface area (Å²) < 4.78 is 5.85. The second-order valence-electron chi connectivity index (χ2n) is 5.59. The molecule has 3 aromatic heterocycles. The molecule has 0 atom stereocenters. The third kappa shape index (κ3) is 3.49. The summed E-state index contributed by atoms with van der Waals surface area (Å²) in [5.74, 6) is -0.855. The van der Waals surface area contributed by atoms with E-state index in [2.05, 4.69) is 35.8 Å². The molecular weight excluding hydrogens is 400 g/mol. The molecule has 0 spiro atoms. The number of hydrazone groups is 1. The lowest BCUT2D eigenvalue weighted by Gasteiger charge is -2.03. The second-order valence-corrected chi connectivity index (χ2v) is 6.54. The molecule has 0 radical (unpaired) electrons. The lowest BCUT2D eigenvalue weighted by Crippen LogP contribution is -2.19. The fourth-order valence-corrected chi connectivity index (χ4v) is 3.17. The molecule has 146 valence electrons. The second kappa shape index (κ2) is 7.40. The zero-order valence-electron chi connectivity index (χ0n) is 14.4. The molecule has 0 aliphatic heterocycles. The quantitative estimate of drug-likeness (QED) is 0.276.